The number of nitrogens with one attached hydrogen (secondary N) is 1. The Kier molecular flexibility index (Phi) is 4.05. The maximum Gasteiger partial charge on any atom is 0.274 e. The highest BCUT2D eigenvalue weighted by atomic mass is 32.1. The van der Waals surface area contributed by atoms with Gasteiger partial charge in [0.1, 0.15) is 5.82 Å². The first kappa shape index (κ1) is 16.9. The third kappa shape index (κ3) is 2.82. The Morgan fingerprint density at radius 1 is 1.11 bits per heavy atom. The van der Waals surface area contributed by atoms with Crippen LogP contribution in [0.25, 0.3) is 21.5 Å². The molecule has 0 fully saturated rings. The summed E-state index contributed by atoms with van der Waals surface area (Å²) in [6.07, 6.45) is 0.536. The minimum Gasteiger partial charge on any atom is -0.335 e. The fraction of sp³-hybridized carbons (Fsp3) is 0.200. The number of nitrogens with zero attached hydrogens (tertiary/aromatic N) is 4. The molecule has 140 valence electrons. The highest BCUT2D eigenvalue weighted by Gasteiger charge is 2.23. The van der Waals surface area contributed by atoms with Gasteiger partial charge in [0.25, 0.3) is 11.5 Å². The topological polar surface area (TPSA) is 83.9 Å². The monoisotopic (exact) mass is 391 g/mol. The Morgan fingerprint density at radius 3 is 2.86 bits per heavy atom. The fourth-order valence-corrected chi connectivity index (χ4v) is 4.25. The van der Waals surface area contributed by atoms with Crippen LogP contribution in [-0.4, -0.2) is 43.6 Å². The lowest BCUT2D eigenvalue weighted by molar-refractivity contribution is 0.0753. The average molecular weight is 391 g/mol. The second kappa shape index (κ2) is 6.72. The first-order valence-corrected chi connectivity index (χ1v) is 9.96. The molecule has 8 heteroatoms. The molecule has 4 aromatic rings. The Bertz CT molecular complexity index is 1230. The molecule has 28 heavy (non-hydrogen) atoms. The van der Waals surface area contributed by atoms with Gasteiger partial charge in [0.2, 0.25) is 0 Å². The van der Waals surface area contributed by atoms with E-state index in [0.717, 1.165) is 16.4 Å². The molecule has 0 unspecified atom stereocenters. The molecule has 0 saturated heterocycles. The van der Waals surface area contributed by atoms with Crippen molar-refractivity contribution >= 4 is 28.1 Å². The molecular weight excluding hydrogens is 374 g/mol. The number of H-pyrrole nitrogens is 1. The van der Waals surface area contributed by atoms with Crippen molar-refractivity contribution in [3.8, 4) is 10.6 Å². The minimum atomic E-state index is -0.135. The van der Waals surface area contributed by atoms with Gasteiger partial charge in [0.05, 0.1) is 21.5 Å². The second-order valence-corrected chi connectivity index (χ2v) is 7.64. The van der Waals surface area contributed by atoms with Gasteiger partial charge >= 0.3 is 0 Å². The number of aromatic nitrogens is 4. The number of carbonyl (C=O) groups excluding carboxylic acids is 1. The molecular formula is C20H17N5O2S. The first-order chi connectivity index (χ1) is 13.7. The van der Waals surface area contributed by atoms with Crippen molar-refractivity contribution in [3.63, 3.8) is 0 Å². The van der Waals surface area contributed by atoms with Crippen molar-refractivity contribution in [2.45, 2.75) is 13.0 Å². The molecule has 1 N–H and O–H groups in total. The summed E-state index contributed by atoms with van der Waals surface area (Å²) in [5.74, 6) is 0.588. The van der Waals surface area contributed by atoms with Gasteiger partial charge in [-0.2, -0.15) is 5.10 Å². The summed E-state index contributed by atoms with van der Waals surface area (Å²) in [5, 5.41) is 9.73. The number of hydrogen-bond acceptors (Lipinski definition) is 5. The lowest BCUT2D eigenvalue weighted by atomic mass is 10.2. The second-order valence-electron chi connectivity index (χ2n) is 6.69. The normalized spacial score (nSPS) is 14.1. The van der Waals surface area contributed by atoms with Crippen molar-refractivity contribution in [1.82, 2.24) is 24.6 Å². The number of para-hydroxylation sites is 1. The molecule has 4 heterocycles. The van der Waals surface area contributed by atoms with Crippen molar-refractivity contribution in [1.29, 1.82) is 0 Å². The van der Waals surface area contributed by atoms with Gasteiger partial charge in [0, 0.05) is 26.1 Å². The third-order valence-corrected chi connectivity index (χ3v) is 5.91. The average Bonchev–Trinajstić information content (AvgIpc) is 3.37. The van der Waals surface area contributed by atoms with E-state index in [1.165, 1.54) is 0 Å². The number of benzene rings is 1. The van der Waals surface area contributed by atoms with Crippen molar-refractivity contribution in [2.24, 2.45) is 0 Å². The molecule has 0 spiro atoms. The molecule has 1 aliphatic rings. The van der Waals surface area contributed by atoms with E-state index >= 15 is 0 Å². The quantitative estimate of drug-likeness (QED) is 0.569. The largest absolute Gasteiger partial charge is 0.335 e. The van der Waals surface area contributed by atoms with Crippen LogP contribution in [0.2, 0.25) is 0 Å². The van der Waals surface area contributed by atoms with E-state index in [4.69, 9.17) is 0 Å². The zero-order valence-corrected chi connectivity index (χ0v) is 15.8. The third-order valence-electron chi connectivity index (χ3n) is 5.01. The van der Waals surface area contributed by atoms with E-state index in [1.807, 2.05) is 35.7 Å². The summed E-state index contributed by atoms with van der Waals surface area (Å²) in [5.41, 5.74) is 1.88. The van der Waals surface area contributed by atoms with E-state index in [0.29, 0.717) is 42.7 Å². The number of hydrogen-bond donors (Lipinski definition) is 1. The minimum absolute atomic E-state index is 0.0466. The van der Waals surface area contributed by atoms with Crippen LogP contribution in [0.15, 0.2) is 52.6 Å². The van der Waals surface area contributed by atoms with Crippen LogP contribution < -0.4 is 5.56 Å². The highest BCUT2D eigenvalue weighted by molar-refractivity contribution is 7.13. The van der Waals surface area contributed by atoms with Gasteiger partial charge < -0.3 is 4.90 Å². The van der Waals surface area contributed by atoms with Crippen LogP contribution in [0.4, 0.5) is 0 Å². The molecule has 0 atom stereocenters. The lowest BCUT2D eigenvalue weighted by Crippen LogP contribution is -2.34. The number of carbonyl (C=O) groups is 1. The molecule has 0 saturated carbocycles. The van der Waals surface area contributed by atoms with E-state index in [1.54, 1.807) is 32.9 Å². The van der Waals surface area contributed by atoms with Crippen LogP contribution in [0.1, 0.15) is 16.3 Å². The zero-order valence-electron chi connectivity index (χ0n) is 15.0. The van der Waals surface area contributed by atoms with Crippen LogP contribution >= 0.6 is 11.3 Å². The Hall–Kier alpha value is -3.26. The summed E-state index contributed by atoms with van der Waals surface area (Å²) < 4.78 is 1.69. The summed E-state index contributed by atoms with van der Waals surface area (Å²) in [7, 11) is 0. The Morgan fingerprint density at radius 2 is 2.00 bits per heavy atom. The maximum atomic E-state index is 12.9. The van der Waals surface area contributed by atoms with Crippen molar-refractivity contribution in [3.05, 3.63) is 69.7 Å². The smallest absolute Gasteiger partial charge is 0.274 e. The maximum absolute atomic E-state index is 12.9. The van der Waals surface area contributed by atoms with E-state index in [9.17, 15) is 9.59 Å². The van der Waals surface area contributed by atoms with Crippen LogP contribution in [-0.2, 0) is 13.0 Å². The standard InChI is InChI=1S/C20H17N5O2S/c26-19-13-4-1-2-5-14(13)21-18-7-8-24(9-10-25(18)19)20(27)16-12-15(22-23-16)17-6-3-11-28-17/h1-6,11-12H,7-10H2,(H,22,23). The van der Waals surface area contributed by atoms with Crippen molar-refractivity contribution < 1.29 is 4.79 Å². The fourth-order valence-electron chi connectivity index (χ4n) is 3.56. The molecule has 1 amide bonds. The Balaban J connectivity index is 1.41. The molecule has 7 nitrogen and oxygen atoms in total. The summed E-state index contributed by atoms with van der Waals surface area (Å²) >= 11 is 1.59. The van der Waals surface area contributed by atoms with Crippen molar-refractivity contribution in [2.75, 3.05) is 13.1 Å². The SMILES string of the molecule is O=C(c1cc(-c2cccs2)[nH]n1)N1CCc2nc3ccccc3c(=O)n2CC1. The number of fused-ring (bicyclic) bond motifs is 2. The molecule has 1 aliphatic heterocycles. The summed E-state index contributed by atoms with van der Waals surface area (Å²) in [6.45, 7) is 1.39. The van der Waals surface area contributed by atoms with Crippen LogP contribution in [0, 0.1) is 0 Å². The van der Waals surface area contributed by atoms with E-state index < -0.39 is 0 Å². The van der Waals surface area contributed by atoms with Crippen LogP contribution in [0.5, 0.6) is 0 Å². The molecule has 5 rings (SSSR count). The summed E-state index contributed by atoms with van der Waals surface area (Å²) in [4.78, 5) is 33.2. The first-order valence-electron chi connectivity index (χ1n) is 9.08. The van der Waals surface area contributed by atoms with E-state index in [-0.39, 0.29) is 11.5 Å². The zero-order chi connectivity index (χ0) is 19.1. The number of thiophene rings is 1. The van der Waals surface area contributed by atoms with Crippen LogP contribution in [0.3, 0.4) is 0 Å². The highest BCUT2D eigenvalue weighted by Crippen LogP contribution is 2.23. The lowest BCUT2D eigenvalue weighted by Gasteiger charge is -2.18. The number of aromatic amines is 1. The molecule has 1 aromatic carbocycles. The van der Waals surface area contributed by atoms with Gasteiger partial charge in [-0.05, 0) is 29.6 Å². The van der Waals surface area contributed by atoms with Gasteiger partial charge in [-0.1, -0.05) is 18.2 Å². The number of amides is 1. The molecule has 3 aromatic heterocycles. The molecule has 0 bridgehead atoms. The molecule has 0 radical (unpaired) electrons. The predicted molar refractivity (Wildman–Crippen MR) is 108 cm³/mol. The van der Waals surface area contributed by atoms with Gasteiger partial charge in [0.15, 0.2) is 5.69 Å². The van der Waals surface area contributed by atoms with Gasteiger partial charge in [-0.15, -0.1) is 11.3 Å². The van der Waals surface area contributed by atoms with E-state index in [2.05, 4.69) is 15.2 Å². The number of rotatable bonds is 2. The Labute approximate surface area is 164 Å². The summed E-state index contributed by atoms with van der Waals surface area (Å²) in [6, 6.07) is 13.1. The molecule has 0 aliphatic carbocycles. The predicted octanol–water partition coefficient (Wildman–Crippen LogP) is 2.55. The van der Waals surface area contributed by atoms with Gasteiger partial charge in [-0.25, -0.2) is 4.98 Å². The van der Waals surface area contributed by atoms with Gasteiger partial charge in [-0.3, -0.25) is 19.3 Å².